The summed E-state index contributed by atoms with van der Waals surface area (Å²) >= 11 is 0. The Morgan fingerprint density at radius 1 is 1.36 bits per heavy atom. The van der Waals surface area contributed by atoms with Crippen LogP contribution < -0.4 is 0 Å². The summed E-state index contributed by atoms with van der Waals surface area (Å²) in [6.45, 7) is 0. The second-order valence-corrected chi connectivity index (χ2v) is 2.49. The van der Waals surface area contributed by atoms with Gasteiger partial charge in [-0.15, -0.1) is 0 Å². The fourth-order valence-electron chi connectivity index (χ4n) is 0.954. The highest BCUT2D eigenvalue weighted by Gasteiger charge is 2.03. The van der Waals surface area contributed by atoms with Crippen molar-refractivity contribution in [2.24, 2.45) is 0 Å². The van der Waals surface area contributed by atoms with Crippen molar-refractivity contribution in [2.75, 3.05) is 0 Å². The summed E-state index contributed by atoms with van der Waals surface area (Å²) in [5.74, 6) is 4.46. The zero-order chi connectivity index (χ0) is 10.4. The van der Waals surface area contributed by atoms with Crippen LogP contribution in [0, 0.1) is 17.7 Å². The molecule has 1 rings (SSSR count). The van der Waals surface area contributed by atoms with Crippen LogP contribution in [-0.4, -0.2) is 12.6 Å². The minimum atomic E-state index is -0.599. The van der Waals surface area contributed by atoms with Gasteiger partial charge in [-0.1, -0.05) is 17.9 Å². The molecule has 0 unspecified atom stereocenters. The van der Waals surface area contributed by atoms with Crippen LogP contribution in [0.5, 0.6) is 0 Å². The molecule has 0 saturated heterocycles. The van der Waals surface area contributed by atoms with Gasteiger partial charge < -0.3 is 4.79 Å². The topological polar surface area (TPSA) is 34.1 Å². The number of hydrogen-bond donors (Lipinski definition) is 0. The van der Waals surface area contributed by atoms with Crippen molar-refractivity contribution >= 4 is 12.6 Å². The Hall–Kier alpha value is -1.95. The van der Waals surface area contributed by atoms with Crippen LogP contribution in [0.15, 0.2) is 18.2 Å². The van der Waals surface area contributed by atoms with E-state index in [9.17, 15) is 14.0 Å². The van der Waals surface area contributed by atoms with Crippen LogP contribution in [0.1, 0.15) is 22.3 Å². The zero-order valence-corrected chi connectivity index (χ0v) is 7.29. The molecule has 14 heavy (non-hydrogen) atoms. The maximum Gasteiger partial charge on any atom is 0.154 e. The highest BCUT2D eigenvalue weighted by Crippen LogP contribution is 2.09. The van der Waals surface area contributed by atoms with E-state index in [-0.39, 0.29) is 12.0 Å². The molecule has 0 N–H and O–H groups in total. The van der Waals surface area contributed by atoms with E-state index < -0.39 is 5.82 Å². The maximum atomic E-state index is 13.0. The average Bonchev–Trinajstić information content (AvgIpc) is 2.18. The summed E-state index contributed by atoms with van der Waals surface area (Å²) in [5.41, 5.74) is 0.243. The fraction of sp³-hybridized carbons (Fsp3) is 0.0909. The molecule has 0 aromatic heterocycles. The summed E-state index contributed by atoms with van der Waals surface area (Å²) in [6, 6.07) is 4.19. The van der Waals surface area contributed by atoms with Crippen molar-refractivity contribution in [2.45, 2.75) is 6.42 Å². The van der Waals surface area contributed by atoms with Gasteiger partial charge in [-0.3, -0.25) is 4.79 Å². The van der Waals surface area contributed by atoms with Gasteiger partial charge in [-0.05, 0) is 12.1 Å². The first-order valence-corrected chi connectivity index (χ1v) is 3.95. The second kappa shape index (κ2) is 4.93. The molecule has 0 heterocycles. The molecule has 0 radical (unpaired) electrons. The van der Waals surface area contributed by atoms with Crippen molar-refractivity contribution in [3.8, 4) is 11.8 Å². The lowest BCUT2D eigenvalue weighted by Crippen LogP contribution is -1.92. The Bertz CT molecular complexity index is 413. The quantitative estimate of drug-likeness (QED) is 0.524. The lowest BCUT2D eigenvalue weighted by Gasteiger charge is -1.96. The van der Waals surface area contributed by atoms with Gasteiger partial charge in [-0.25, -0.2) is 4.39 Å². The molecule has 3 heteroatoms. The first-order valence-electron chi connectivity index (χ1n) is 3.95. The third kappa shape index (κ3) is 2.27. The lowest BCUT2D eigenvalue weighted by atomic mass is 10.1. The molecule has 0 aliphatic carbocycles. The summed E-state index contributed by atoms with van der Waals surface area (Å²) in [6.07, 6.45) is 1.14. The molecule has 0 saturated carbocycles. The summed E-state index contributed by atoms with van der Waals surface area (Å²) in [7, 11) is 0. The second-order valence-electron chi connectivity index (χ2n) is 2.49. The Morgan fingerprint density at radius 3 is 2.79 bits per heavy atom. The predicted octanol–water partition coefficient (Wildman–Crippen LogP) is 1.58. The number of halogens is 1. The van der Waals surface area contributed by atoms with Gasteiger partial charge in [0, 0.05) is 5.56 Å². The van der Waals surface area contributed by atoms with Gasteiger partial charge >= 0.3 is 0 Å². The van der Waals surface area contributed by atoms with E-state index in [0.717, 1.165) is 0 Å². The number of carbonyl (C=O) groups excluding carboxylic acids is 2. The number of carbonyl (C=O) groups is 2. The third-order valence-electron chi connectivity index (χ3n) is 1.58. The summed E-state index contributed by atoms with van der Waals surface area (Å²) in [4.78, 5) is 20.5. The van der Waals surface area contributed by atoms with Crippen molar-refractivity contribution in [3.63, 3.8) is 0 Å². The fourth-order valence-corrected chi connectivity index (χ4v) is 0.954. The molecule has 0 aliphatic rings. The van der Waals surface area contributed by atoms with E-state index in [1.165, 1.54) is 18.2 Å². The standard InChI is InChI=1S/C11H7FO2/c12-11-6-3-5-9(10(11)8-14)4-1-2-7-13/h3,5-8H,2H2. The van der Waals surface area contributed by atoms with Crippen LogP contribution in [0.3, 0.4) is 0 Å². The molecule has 0 amide bonds. The molecular formula is C11H7FO2. The SMILES string of the molecule is O=CCC#Cc1cccc(F)c1C=O. The van der Waals surface area contributed by atoms with Crippen molar-refractivity contribution in [1.29, 1.82) is 0 Å². The van der Waals surface area contributed by atoms with Crippen molar-refractivity contribution in [1.82, 2.24) is 0 Å². The molecular weight excluding hydrogens is 183 g/mol. The zero-order valence-electron chi connectivity index (χ0n) is 7.29. The molecule has 0 fully saturated rings. The minimum Gasteiger partial charge on any atom is -0.302 e. The molecule has 0 bridgehead atoms. The smallest absolute Gasteiger partial charge is 0.154 e. The third-order valence-corrected chi connectivity index (χ3v) is 1.58. The molecule has 1 aromatic carbocycles. The largest absolute Gasteiger partial charge is 0.302 e. The van der Waals surface area contributed by atoms with Crippen molar-refractivity contribution < 1.29 is 14.0 Å². The lowest BCUT2D eigenvalue weighted by molar-refractivity contribution is -0.107. The summed E-state index contributed by atoms with van der Waals surface area (Å²) in [5, 5.41) is 0. The van der Waals surface area contributed by atoms with Gasteiger partial charge in [0.15, 0.2) is 6.29 Å². The molecule has 1 aromatic rings. The van der Waals surface area contributed by atoms with Crippen LogP contribution in [0.4, 0.5) is 4.39 Å². The van der Waals surface area contributed by atoms with E-state index in [1.807, 2.05) is 0 Å². The predicted molar refractivity (Wildman–Crippen MR) is 49.3 cm³/mol. The van der Waals surface area contributed by atoms with Gasteiger partial charge in [0.05, 0.1) is 12.0 Å². The van der Waals surface area contributed by atoms with E-state index in [1.54, 1.807) is 0 Å². The molecule has 0 spiro atoms. The molecule has 2 nitrogen and oxygen atoms in total. The Balaban J connectivity index is 3.09. The highest BCUT2D eigenvalue weighted by molar-refractivity contribution is 5.79. The van der Waals surface area contributed by atoms with Crippen LogP contribution in [-0.2, 0) is 4.79 Å². The Labute approximate surface area is 80.7 Å². The number of aldehydes is 2. The van der Waals surface area contributed by atoms with Crippen LogP contribution in [0.25, 0.3) is 0 Å². The monoisotopic (exact) mass is 190 g/mol. The number of rotatable bonds is 2. The van der Waals surface area contributed by atoms with Gasteiger partial charge in [0.25, 0.3) is 0 Å². The number of benzene rings is 1. The molecule has 0 aliphatic heterocycles. The maximum absolute atomic E-state index is 13.0. The van der Waals surface area contributed by atoms with Crippen LogP contribution >= 0.6 is 0 Å². The average molecular weight is 190 g/mol. The summed E-state index contributed by atoms with van der Waals surface area (Å²) < 4.78 is 13.0. The molecule has 70 valence electrons. The van der Waals surface area contributed by atoms with Gasteiger partial charge in [0.1, 0.15) is 12.1 Å². The van der Waals surface area contributed by atoms with Crippen molar-refractivity contribution in [3.05, 3.63) is 35.1 Å². The first-order chi connectivity index (χ1) is 6.79. The first kappa shape index (κ1) is 10.1. The Kier molecular flexibility index (Phi) is 3.57. The van der Waals surface area contributed by atoms with E-state index >= 15 is 0 Å². The van der Waals surface area contributed by atoms with E-state index in [4.69, 9.17) is 0 Å². The van der Waals surface area contributed by atoms with Crippen LogP contribution in [0.2, 0.25) is 0 Å². The minimum absolute atomic E-state index is 0.0640. The Morgan fingerprint density at radius 2 is 2.14 bits per heavy atom. The highest BCUT2D eigenvalue weighted by atomic mass is 19.1. The molecule has 0 atom stereocenters. The number of hydrogen-bond acceptors (Lipinski definition) is 2. The van der Waals surface area contributed by atoms with E-state index in [2.05, 4.69) is 11.8 Å². The van der Waals surface area contributed by atoms with Gasteiger partial charge in [-0.2, -0.15) is 0 Å². The normalized spacial score (nSPS) is 8.64. The van der Waals surface area contributed by atoms with Gasteiger partial charge in [0.2, 0.25) is 0 Å². The van der Waals surface area contributed by atoms with E-state index in [0.29, 0.717) is 18.1 Å².